The molecule has 0 aromatic rings. The van der Waals surface area contributed by atoms with Gasteiger partial charge in [0.15, 0.2) is 0 Å². The average Bonchev–Trinajstić information content (AvgIpc) is 2.86. The topological polar surface area (TPSA) is 27.7 Å². The molecule has 0 aromatic heterocycles. The third kappa shape index (κ3) is 13.3. The molecule has 3 aliphatic rings. The zero-order valence-electron chi connectivity index (χ0n) is 22.6. The summed E-state index contributed by atoms with van der Waals surface area (Å²) < 4.78 is 20.2. The van der Waals surface area contributed by atoms with Crippen LogP contribution in [0.15, 0.2) is 0 Å². The summed E-state index contributed by atoms with van der Waals surface area (Å²) in [6, 6.07) is 0. The van der Waals surface area contributed by atoms with Crippen LogP contribution in [0.25, 0.3) is 0 Å². The summed E-state index contributed by atoms with van der Waals surface area (Å²) in [7, 11) is 0. The van der Waals surface area contributed by atoms with Gasteiger partial charge in [-0.2, -0.15) is 0 Å². The van der Waals surface area contributed by atoms with E-state index in [0.717, 1.165) is 0 Å². The smallest absolute Gasteiger partial charge is 0.272 e. The van der Waals surface area contributed by atoms with Gasteiger partial charge in [-0.05, 0) is 38.5 Å². The summed E-state index contributed by atoms with van der Waals surface area (Å²) in [5, 5.41) is 0. The van der Waals surface area contributed by atoms with Crippen LogP contribution in [0.5, 0.6) is 0 Å². The Labute approximate surface area is 212 Å². The van der Waals surface area contributed by atoms with E-state index in [2.05, 4.69) is 0 Å². The molecule has 3 heteroatoms. The van der Waals surface area contributed by atoms with E-state index in [1.165, 1.54) is 173 Å². The standard InChI is InChI=1S/C31H58O3/c1-4-10-16-22-28(23-17-11-5-1)32-31(33-29-24-18-12-6-2-7-13-19-25-29)34-30-26-20-14-8-3-9-15-21-27-30/h28-31H,1-27H2. The molecule has 0 saturated heterocycles. The van der Waals surface area contributed by atoms with Crippen LogP contribution in [0.4, 0.5) is 0 Å². The molecule has 0 aliphatic heterocycles. The Morgan fingerprint density at radius 3 is 0.647 bits per heavy atom. The highest BCUT2D eigenvalue weighted by Crippen LogP contribution is 2.27. The summed E-state index contributed by atoms with van der Waals surface area (Å²) in [6.45, 7) is -0.450. The summed E-state index contributed by atoms with van der Waals surface area (Å²) in [4.78, 5) is 0. The fraction of sp³-hybridized carbons (Fsp3) is 1.00. The van der Waals surface area contributed by atoms with E-state index < -0.39 is 6.48 Å². The molecule has 0 amide bonds. The molecule has 0 heterocycles. The van der Waals surface area contributed by atoms with Crippen LogP contribution in [0.1, 0.15) is 173 Å². The van der Waals surface area contributed by atoms with Crippen LogP contribution in [0.2, 0.25) is 0 Å². The maximum atomic E-state index is 6.74. The molecule has 34 heavy (non-hydrogen) atoms. The summed E-state index contributed by atoms with van der Waals surface area (Å²) in [6.07, 6.45) is 36.6. The first-order valence-electron chi connectivity index (χ1n) is 15.9. The molecule has 3 aliphatic carbocycles. The van der Waals surface area contributed by atoms with E-state index in [0.29, 0.717) is 18.3 Å². The van der Waals surface area contributed by atoms with Gasteiger partial charge in [-0.15, -0.1) is 0 Å². The number of rotatable bonds is 6. The predicted molar refractivity (Wildman–Crippen MR) is 143 cm³/mol. The molecule has 0 aromatic carbocycles. The van der Waals surface area contributed by atoms with Gasteiger partial charge in [0.1, 0.15) is 0 Å². The molecule has 0 bridgehead atoms. The second-order valence-corrected chi connectivity index (χ2v) is 11.7. The normalized spacial score (nSPS) is 25.7. The Morgan fingerprint density at radius 1 is 0.265 bits per heavy atom. The Morgan fingerprint density at radius 2 is 0.441 bits per heavy atom. The van der Waals surface area contributed by atoms with E-state index >= 15 is 0 Å². The highest BCUT2D eigenvalue weighted by molar-refractivity contribution is 4.67. The highest BCUT2D eigenvalue weighted by Gasteiger charge is 2.26. The lowest BCUT2D eigenvalue weighted by Gasteiger charge is -2.32. The van der Waals surface area contributed by atoms with Gasteiger partial charge >= 0.3 is 0 Å². The SMILES string of the molecule is C1CCCCC(OC(OC2CCCCCCCCC2)OC2CCCCCCCCC2)CCCC1. The maximum absolute atomic E-state index is 6.74. The Balaban J connectivity index is 1.60. The van der Waals surface area contributed by atoms with Crippen molar-refractivity contribution in [3.8, 4) is 0 Å². The molecule has 3 rings (SSSR count). The number of ether oxygens (including phenoxy) is 3. The van der Waals surface area contributed by atoms with Crippen molar-refractivity contribution >= 4 is 0 Å². The van der Waals surface area contributed by atoms with E-state index in [1.54, 1.807) is 0 Å². The predicted octanol–water partition coefficient (Wildman–Crippen LogP) is 10.00. The van der Waals surface area contributed by atoms with Crippen molar-refractivity contribution in [3.05, 3.63) is 0 Å². The largest absolute Gasteiger partial charge is 0.327 e. The summed E-state index contributed by atoms with van der Waals surface area (Å²) in [5.41, 5.74) is 0. The highest BCUT2D eigenvalue weighted by atomic mass is 16.9. The molecule has 0 unspecified atom stereocenters. The minimum absolute atomic E-state index is 0.308. The van der Waals surface area contributed by atoms with Gasteiger partial charge < -0.3 is 14.2 Å². The first kappa shape index (κ1) is 28.5. The van der Waals surface area contributed by atoms with Crippen molar-refractivity contribution in [1.82, 2.24) is 0 Å². The summed E-state index contributed by atoms with van der Waals surface area (Å²) >= 11 is 0. The van der Waals surface area contributed by atoms with Crippen molar-refractivity contribution in [3.63, 3.8) is 0 Å². The zero-order valence-corrected chi connectivity index (χ0v) is 22.6. The van der Waals surface area contributed by atoms with Crippen molar-refractivity contribution in [1.29, 1.82) is 0 Å². The van der Waals surface area contributed by atoms with Gasteiger partial charge in [0.2, 0.25) is 0 Å². The number of hydrogen-bond acceptors (Lipinski definition) is 3. The van der Waals surface area contributed by atoms with E-state index in [4.69, 9.17) is 14.2 Å². The van der Waals surface area contributed by atoms with Crippen LogP contribution in [0.3, 0.4) is 0 Å². The minimum atomic E-state index is -0.450. The van der Waals surface area contributed by atoms with Crippen molar-refractivity contribution in [2.24, 2.45) is 0 Å². The van der Waals surface area contributed by atoms with Crippen molar-refractivity contribution in [2.45, 2.75) is 198 Å². The average molecular weight is 479 g/mol. The Bertz CT molecular complexity index is 371. The van der Waals surface area contributed by atoms with Crippen LogP contribution in [0, 0.1) is 0 Å². The molecule has 3 fully saturated rings. The third-order valence-electron chi connectivity index (χ3n) is 8.57. The van der Waals surface area contributed by atoms with Gasteiger partial charge in [0, 0.05) is 0 Å². The van der Waals surface area contributed by atoms with E-state index in [9.17, 15) is 0 Å². The molecule has 0 N–H and O–H groups in total. The first-order chi connectivity index (χ1) is 16.9. The van der Waals surface area contributed by atoms with Crippen molar-refractivity contribution < 1.29 is 14.2 Å². The van der Waals surface area contributed by atoms with Gasteiger partial charge in [0.05, 0.1) is 18.3 Å². The second kappa shape index (κ2) is 19.1. The molecule has 3 saturated carbocycles. The van der Waals surface area contributed by atoms with Crippen LogP contribution in [-0.2, 0) is 14.2 Å². The van der Waals surface area contributed by atoms with Gasteiger partial charge in [0.25, 0.3) is 6.48 Å². The van der Waals surface area contributed by atoms with Crippen molar-refractivity contribution in [2.75, 3.05) is 0 Å². The van der Waals surface area contributed by atoms with E-state index in [-0.39, 0.29) is 0 Å². The van der Waals surface area contributed by atoms with Crippen LogP contribution >= 0.6 is 0 Å². The lowest BCUT2D eigenvalue weighted by atomic mass is 9.99. The third-order valence-corrected chi connectivity index (χ3v) is 8.57. The first-order valence-corrected chi connectivity index (χ1v) is 15.9. The quantitative estimate of drug-likeness (QED) is 0.355. The lowest BCUT2D eigenvalue weighted by Crippen LogP contribution is -2.35. The minimum Gasteiger partial charge on any atom is -0.327 e. The molecule has 0 radical (unpaired) electrons. The van der Waals surface area contributed by atoms with Gasteiger partial charge in [-0.1, -0.05) is 135 Å². The lowest BCUT2D eigenvalue weighted by molar-refractivity contribution is -0.336. The monoisotopic (exact) mass is 478 g/mol. The molecule has 0 atom stereocenters. The molecule has 3 nitrogen and oxygen atoms in total. The molecular formula is C31H58O3. The van der Waals surface area contributed by atoms with Gasteiger partial charge in [-0.3, -0.25) is 0 Å². The number of hydrogen-bond donors (Lipinski definition) is 0. The molecule has 200 valence electrons. The fourth-order valence-corrected chi connectivity index (χ4v) is 6.29. The van der Waals surface area contributed by atoms with Crippen LogP contribution < -0.4 is 0 Å². The molecular weight excluding hydrogens is 420 g/mol. The van der Waals surface area contributed by atoms with Crippen LogP contribution in [-0.4, -0.2) is 24.8 Å². The Kier molecular flexibility index (Phi) is 15.9. The van der Waals surface area contributed by atoms with E-state index in [1.807, 2.05) is 0 Å². The van der Waals surface area contributed by atoms with Gasteiger partial charge in [-0.25, -0.2) is 0 Å². The fourth-order valence-electron chi connectivity index (χ4n) is 6.29. The zero-order chi connectivity index (χ0) is 23.5. The molecule has 0 spiro atoms. The maximum Gasteiger partial charge on any atom is 0.272 e. The Hall–Kier alpha value is -0.120. The second-order valence-electron chi connectivity index (χ2n) is 11.7. The summed E-state index contributed by atoms with van der Waals surface area (Å²) in [5.74, 6) is 0.